The lowest BCUT2D eigenvalue weighted by Gasteiger charge is -2.39. The normalized spacial score (nSPS) is 17.6. The van der Waals surface area contributed by atoms with Gasteiger partial charge < -0.3 is 30.1 Å². The maximum Gasteiger partial charge on any atom is 0.339 e. The fourth-order valence-electron chi connectivity index (χ4n) is 5.72. The van der Waals surface area contributed by atoms with E-state index in [1.165, 1.54) is 42.7 Å². The highest BCUT2D eigenvalue weighted by atomic mass is 16.5. The van der Waals surface area contributed by atoms with Crippen LogP contribution in [0.4, 0.5) is 10.5 Å². The number of aryl methyl sites for hydroxylation is 1. The number of ether oxygens (including phenoxy) is 2. The summed E-state index contributed by atoms with van der Waals surface area (Å²) in [4.78, 5) is 47.6. The number of carbonyl (C=O) groups is 4. The molecule has 4 N–H and O–H groups in total. The second-order valence-electron chi connectivity index (χ2n) is 11.3. The molecule has 1 saturated carbocycles. The van der Waals surface area contributed by atoms with Crippen molar-refractivity contribution in [1.82, 2.24) is 10.2 Å². The van der Waals surface area contributed by atoms with Gasteiger partial charge in [0, 0.05) is 43.5 Å². The van der Waals surface area contributed by atoms with Gasteiger partial charge in [-0.15, -0.1) is 0 Å². The molecular formula is C32H39N3O9. The maximum absolute atomic E-state index is 12.9. The van der Waals surface area contributed by atoms with E-state index in [0.29, 0.717) is 36.9 Å². The first-order chi connectivity index (χ1) is 20.9. The first kappa shape index (κ1) is 32.3. The van der Waals surface area contributed by atoms with Gasteiger partial charge in [0.2, 0.25) is 0 Å². The number of hydrogen-bond acceptors (Lipinski definition) is 7. The first-order valence-electron chi connectivity index (χ1n) is 14.6. The maximum atomic E-state index is 12.9. The van der Waals surface area contributed by atoms with Crippen LogP contribution in [0.5, 0.6) is 11.5 Å². The van der Waals surface area contributed by atoms with Crippen LogP contribution in [-0.4, -0.2) is 83.0 Å². The van der Waals surface area contributed by atoms with E-state index in [0.717, 1.165) is 38.2 Å². The van der Waals surface area contributed by atoms with Crippen molar-refractivity contribution in [1.29, 1.82) is 0 Å². The Kier molecular flexibility index (Phi) is 10.1. The van der Waals surface area contributed by atoms with Crippen LogP contribution in [0.1, 0.15) is 65.6 Å². The molecule has 5 rings (SSSR count). The van der Waals surface area contributed by atoms with Crippen LogP contribution in [-0.2, 0) is 16.1 Å². The minimum atomic E-state index is -1.26. The number of carbonyl (C=O) groups excluding carboxylic acids is 1. The van der Waals surface area contributed by atoms with Crippen molar-refractivity contribution in [2.24, 2.45) is 0 Å². The molecule has 2 saturated heterocycles. The Bertz CT molecular complexity index is 1430. The minimum absolute atomic E-state index is 0.0815. The molecule has 0 radical (unpaired) electrons. The number of anilines is 1. The molecule has 1 spiro atoms. The quantitative estimate of drug-likeness (QED) is 0.286. The average Bonchev–Trinajstić information content (AvgIpc) is 3.78. The van der Waals surface area contributed by atoms with Gasteiger partial charge in [-0.25, -0.2) is 19.2 Å². The number of urea groups is 1. The molecule has 1 aliphatic carbocycles. The molecular weight excluding hydrogens is 570 g/mol. The number of hydrogen-bond donors (Lipinski definition) is 4. The lowest BCUT2D eigenvalue weighted by molar-refractivity contribution is -0.134. The molecule has 12 heteroatoms. The van der Waals surface area contributed by atoms with Crippen molar-refractivity contribution < 1.29 is 44.0 Å². The number of carboxylic acids is 3. The number of aliphatic carboxylic acids is 2. The van der Waals surface area contributed by atoms with Crippen LogP contribution in [0, 0.1) is 6.92 Å². The summed E-state index contributed by atoms with van der Waals surface area (Å²) in [5, 5.41) is 28.2. The number of rotatable bonds is 10. The van der Waals surface area contributed by atoms with Crippen molar-refractivity contribution in [3.05, 3.63) is 64.7 Å². The largest absolute Gasteiger partial charge is 0.496 e. The summed E-state index contributed by atoms with van der Waals surface area (Å²) in [6.07, 6.45) is 5.38. The Morgan fingerprint density at radius 1 is 1.02 bits per heavy atom. The van der Waals surface area contributed by atoms with Gasteiger partial charge in [-0.05, 0) is 80.3 Å². The Morgan fingerprint density at radius 3 is 2.23 bits per heavy atom. The predicted molar refractivity (Wildman–Crippen MR) is 162 cm³/mol. The molecule has 0 atom stereocenters. The van der Waals surface area contributed by atoms with Gasteiger partial charge in [-0.2, -0.15) is 0 Å². The molecule has 0 unspecified atom stereocenters. The summed E-state index contributed by atoms with van der Waals surface area (Å²) >= 11 is 0. The number of benzene rings is 2. The summed E-state index contributed by atoms with van der Waals surface area (Å²) in [5.74, 6) is -1.66. The van der Waals surface area contributed by atoms with Crippen LogP contribution < -0.4 is 19.7 Å². The van der Waals surface area contributed by atoms with Gasteiger partial charge in [0.1, 0.15) is 17.1 Å². The standard InChI is InChI=1S/C28H35N3O5.C4H4O4/c1-4-36-24-14-20(23(13-18(24)2)19-5-6-19)16-30-11-9-28(10-12-30)17-31(27(34)29-28)21-7-8-22(26(32)33)25(15-21)35-3;5-3(6)1-2-4(7)8/h7-8,13-15,19H,4-6,9-12,16-17H2,1-3H3,(H,29,34)(H,32,33);1-2H,(H,5,6)(H,7,8). The zero-order valence-electron chi connectivity index (χ0n) is 25.2. The Balaban J connectivity index is 0.000000488. The molecule has 0 bridgehead atoms. The van der Waals surface area contributed by atoms with Crippen molar-refractivity contribution in [2.75, 3.05) is 38.3 Å². The van der Waals surface area contributed by atoms with E-state index >= 15 is 0 Å². The summed E-state index contributed by atoms with van der Waals surface area (Å²) in [5.41, 5.74) is 4.49. The van der Waals surface area contributed by atoms with E-state index < -0.39 is 17.9 Å². The second-order valence-corrected chi connectivity index (χ2v) is 11.3. The van der Waals surface area contributed by atoms with Crippen molar-refractivity contribution in [2.45, 2.75) is 57.5 Å². The molecule has 2 amide bonds. The third-order valence-corrected chi connectivity index (χ3v) is 8.13. The third-order valence-electron chi connectivity index (χ3n) is 8.13. The van der Waals surface area contributed by atoms with Crippen LogP contribution in [0.3, 0.4) is 0 Å². The molecule has 2 aromatic rings. The zero-order valence-corrected chi connectivity index (χ0v) is 25.2. The highest BCUT2D eigenvalue weighted by Crippen LogP contribution is 2.44. The molecule has 3 aliphatic rings. The smallest absolute Gasteiger partial charge is 0.339 e. The summed E-state index contributed by atoms with van der Waals surface area (Å²) in [6.45, 7) is 8.07. The topological polar surface area (TPSA) is 166 Å². The molecule has 236 valence electrons. The highest BCUT2D eigenvalue weighted by Gasteiger charge is 2.45. The van der Waals surface area contributed by atoms with E-state index in [4.69, 9.17) is 19.7 Å². The van der Waals surface area contributed by atoms with Gasteiger partial charge in [0.05, 0.1) is 25.8 Å². The summed E-state index contributed by atoms with van der Waals surface area (Å²) in [7, 11) is 1.44. The van der Waals surface area contributed by atoms with Crippen LogP contribution in [0.2, 0.25) is 0 Å². The van der Waals surface area contributed by atoms with Gasteiger partial charge >= 0.3 is 23.9 Å². The Labute approximate surface area is 255 Å². The molecule has 2 aliphatic heterocycles. The number of carboxylic acid groups (broad SMARTS) is 3. The number of piperidine rings is 1. The molecule has 12 nitrogen and oxygen atoms in total. The van der Waals surface area contributed by atoms with Gasteiger partial charge in [0.25, 0.3) is 0 Å². The van der Waals surface area contributed by atoms with E-state index in [1.807, 2.05) is 6.92 Å². The first-order valence-corrected chi connectivity index (χ1v) is 14.6. The van der Waals surface area contributed by atoms with Gasteiger partial charge in [-0.3, -0.25) is 9.80 Å². The van der Waals surface area contributed by atoms with Crippen LogP contribution in [0.25, 0.3) is 0 Å². The van der Waals surface area contributed by atoms with E-state index in [2.05, 4.69) is 29.3 Å². The molecule has 0 aromatic heterocycles. The number of nitrogens with one attached hydrogen (secondary N) is 1. The SMILES string of the molecule is CCOc1cc(CN2CCC3(CC2)CN(c2ccc(C(=O)O)c(OC)c2)C(=O)N3)c(C2CC2)cc1C.O=C(O)C=CC(=O)O. The van der Waals surface area contributed by atoms with Crippen molar-refractivity contribution >= 4 is 29.6 Å². The summed E-state index contributed by atoms with van der Waals surface area (Å²) in [6, 6.07) is 9.21. The third kappa shape index (κ3) is 7.87. The summed E-state index contributed by atoms with van der Waals surface area (Å²) < 4.78 is 11.1. The Hall–Kier alpha value is -4.58. The molecule has 3 fully saturated rings. The fraction of sp³-hybridized carbons (Fsp3) is 0.438. The van der Waals surface area contributed by atoms with Crippen LogP contribution >= 0.6 is 0 Å². The van der Waals surface area contributed by atoms with Crippen molar-refractivity contribution in [3.8, 4) is 11.5 Å². The highest BCUT2D eigenvalue weighted by molar-refractivity contribution is 5.97. The lowest BCUT2D eigenvalue weighted by Crippen LogP contribution is -2.52. The van der Waals surface area contributed by atoms with E-state index in [-0.39, 0.29) is 22.9 Å². The number of amides is 2. The van der Waals surface area contributed by atoms with E-state index in [1.54, 1.807) is 17.0 Å². The zero-order chi connectivity index (χ0) is 32.0. The molecule has 2 heterocycles. The predicted octanol–water partition coefficient (Wildman–Crippen LogP) is 4.25. The van der Waals surface area contributed by atoms with E-state index in [9.17, 15) is 24.3 Å². The number of methoxy groups -OCH3 is 1. The van der Waals surface area contributed by atoms with Gasteiger partial charge in [-0.1, -0.05) is 6.07 Å². The lowest BCUT2D eigenvalue weighted by atomic mass is 9.87. The van der Waals surface area contributed by atoms with Crippen molar-refractivity contribution in [3.63, 3.8) is 0 Å². The number of nitrogens with zero attached hydrogens (tertiary/aromatic N) is 2. The number of aromatic carboxylic acids is 1. The van der Waals surface area contributed by atoms with Crippen LogP contribution in [0.15, 0.2) is 42.5 Å². The average molecular weight is 610 g/mol. The fourth-order valence-corrected chi connectivity index (χ4v) is 5.72. The second kappa shape index (κ2) is 13.8. The minimum Gasteiger partial charge on any atom is -0.496 e. The molecule has 2 aromatic carbocycles. The molecule has 44 heavy (non-hydrogen) atoms. The monoisotopic (exact) mass is 609 g/mol. The Morgan fingerprint density at radius 2 is 1.68 bits per heavy atom. The van der Waals surface area contributed by atoms with Gasteiger partial charge in [0.15, 0.2) is 0 Å². The number of likely N-dealkylation sites (tertiary alicyclic amines) is 1.